The van der Waals surface area contributed by atoms with Crippen molar-refractivity contribution < 1.29 is 29.3 Å². The van der Waals surface area contributed by atoms with Gasteiger partial charge in [0.05, 0.1) is 7.11 Å². The van der Waals surface area contributed by atoms with E-state index in [0.717, 1.165) is 0 Å². The van der Waals surface area contributed by atoms with Gasteiger partial charge in [-0.2, -0.15) is 0 Å². The van der Waals surface area contributed by atoms with Gasteiger partial charge in [-0.15, -0.1) is 0 Å². The molecule has 0 bridgehead atoms. The molecule has 0 heterocycles. The fraction of sp³-hybridized carbons (Fsp3) is 0.250. The smallest absolute Gasteiger partial charge is 0.339 e. The van der Waals surface area contributed by atoms with E-state index in [4.69, 9.17) is 20.7 Å². The molecule has 0 saturated carbocycles. The van der Waals surface area contributed by atoms with Gasteiger partial charge in [0.1, 0.15) is 17.4 Å². The van der Waals surface area contributed by atoms with Gasteiger partial charge in [-0.05, 0) is 18.2 Å². The van der Waals surface area contributed by atoms with Gasteiger partial charge in [0.2, 0.25) is 0 Å². The number of aliphatic carboxylic acids is 1. The first-order valence-corrected chi connectivity index (χ1v) is 5.79. The summed E-state index contributed by atoms with van der Waals surface area (Å²) in [6.07, 6.45) is 0. The molecular weight excluding hydrogens is 282 g/mol. The van der Waals surface area contributed by atoms with Gasteiger partial charge >= 0.3 is 18.0 Å². The Kier molecular flexibility index (Phi) is 5.49. The average Bonchev–Trinajstić information content (AvgIpc) is 2.44. The average molecular weight is 297 g/mol. The summed E-state index contributed by atoms with van der Waals surface area (Å²) in [4.78, 5) is 33.0. The van der Waals surface area contributed by atoms with Crippen LogP contribution in [0.2, 0.25) is 0 Å². The molecule has 114 valence electrons. The second-order valence-corrected chi connectivity index (χ2v) is 4.00. The van der Waals surface area contributed by atoms with E-state index in [-0.39, 0.29) is 23.5 Å². The van der Waals surface area contributed by atoms with Crippen LogP contribution in [0.1, 0.15) is 10.4 Å². The Bertz CT molecular complexity index is 560. The number of carbonyl (C=O) groups is 3. The third-order valence-corrected chi connectivity index (χ3v) is 2.49. The van der Waals surface area contributed by atoms with Crippen LogP contribution in [-0.4, -0.2) is 47.9 Å². The lowest BCUT2D eigenvalue weighted by molar-refractivity contribution is -0.138. The molecule has 2 amide bonds. The maximum Gasteiger partial charge on any atom is 0.339 e. The lowest BCUT2D eigenvalue weighted by atomic mass is 10.2. The third-order valence-electron chi connectivity index (χ3n) is 2.49. The molecule has 0 fully saturated rings. The quantitative estimate of drug-likeness (QED) is 0.492. The molecule has 0 aliphatic carbocycles. The van der Waals surface area contributed by atoms with Crippen molar-refractivity contribution >= 4 is 23.7 Å². The Balaban J connectivity index is 2.70. The van der Waals surface area contributed by atoms with Crippen LogP contribution < -0.4 is 21.1 Å². The van der Waals surface area contributed by atoms with Gasteiger partial charge < -0.3 is 31.3 Å². The summed E-state index contributed by atoms with van der Waals surface area (Å²) in [7, 11) is 1.33. The number of hydrogen-bond donors (Lipinski definition) is 5. The monoisotopic (exact) mass is 297 g/mol. The second kappa shape index (κ2) is 7.10. The Morgan fingerprint density at radius 1 is 1.33 bits per heavy atom. The number of carboxylic acids is 2. The maximum atomic E-state index is 11.5. The molecule has 21 heavy (non-hydrogen) atoms. The molecule has 0 saturated heterocycles. The Morgan fingerprint density at radius 3 is 2.52 bits per heavy atom. The Morgan fingerprint density at radius 2 is 2.00 bits per heavy atom. The largest absolute Gasteiger partial charge is 0.496 e. The van der Waals surface area contributed by atoms with E-state index in [1.54, 1.807) is 0 Å². The number of rotatable bonds is 6. The topological polar surface area (TPSA) is 151 Å². The molecule has 0 radical (unpaired) electrons. The number of nitrogens with one attached hydrogen (secondary N) is 2. The number of amides is 2. The molecule has 9 heteroatoms. The first kappa shape index (κ1) is 16.2. The van der Waals surface area contributed by atoms with Gasteiger partial charge in [0, 0.05) is 12.2 Å². The summed E-state index contributed by atoms with van der Waals surface area (Å²) < 4.78 is 4.88. The molecule has 0 aliphatic rings. The fourth-order valence-corrected chi connectivity index (χ4v) is 1.42. The van der Waals surface area contributed by atoms with Gasteiger partial charge in [-0.1, -0.05) is 0 Å². The van der Waals surface area contributed by atoms with Gasteiger partial charge in [0.25, 0.3) is 0 Å². The van der Waals surface area contributed by atoms with Crippen LogP contribution in [0, 0.1) is 0 Å². The molecule has 0 unspecified atom stereocenters. The molecule has 0 aromatic heterocycles. The van der Waals surface area contributed by atoms with Crippen LogP contribution in [0.25, 0.3) is 0 Å². The zero-order valence-corrected chi connectivity index (χ0v) is 11.1. The van der Waals surface area contributed by atoms with Crippen LogP contribution in [0.4, 0.5) is 10.5 Å². The van der Waals surface area contributed by atoms with Crippen molar-refractivity contribution in [2.24, 2.45) is 5.73 Å². The number of anilines is 1. The first-order valence-electron chi connectivity index (χ1n) is 5.79. The van der Waals surface area contributed by atoms with Crippen molar-refractivity contribution in [2.75, 3.05) is 19.0 Å². The van der Waals surface area contributed by atoms with Crippen molar-refractivity contribution in [3.8, 4) is 5.75 Å². The van der Waals surface area contributed by atoms with E-state index in [1.807, 2.05) is 0 Å². The molecular formula is C12H15N3O6. The van der Waals surface area contributed by atoms with Crippen molar-refractivity contribution in [3.63, 3.8) is 0 Å². The molecule has 9 nitrogen and oxygen atoms in total. The number of nitrogens with two attached hydrogens (primary N) is 1. The summed E-state index contributed by atoms with van der Waals surface area (Å²) in [5, 5.41) is 22.2. The Hall–Kier alpha value is -2.81. The lowest BCUT2D eigenvalue weighted by Gasteiger charge is -2.11. The number of aromatic carboxylic acids is 1. The van der Waals surface area contributed by atoms with Crippen LogP contribution in [0.5, 0.6) is 5.75 Å². The van der Waals surface area contributed by atoms with Crippen molar-refractivity contribution in [1.82, 2.24) is 5.32 Å². The standard InChI is InChI=1S/C12H15N3O6/c1-21-9-3-2-6(4-7(9)10(16)17)15-12(20)14-5-8(13)11(18)19/h2-4,8H,5,13H2,1H3,(H,16,17)(H,18,19)(H2,14,15,20)/t8-/m0/s1. The zero-order chi connectivity index (χ0) is 16.0. The van der Waals surface area contributed by atoms with E-state index in [0.29, 0.717) is 0 Å². The highest BCUT2D eigenvalue weighted by atomic mass is 16.5. The Labute approximate surface area is 119 Å². The van der Waals surface area contributed by atoms with E-state index in [2.05, 4.69) is 10.6 Å². The number of carbonyl (C=O) groups excluding carboxylic acids is 1. The maximum absolute atomic E-state index is 11.5. The molecule has 6 N–H and O–H groups in total. The van der Waals surface area contributed by atoms with E-state index >= 15 is 0 Å². The normalized spacial score (nSPS) is 11.3. The number of benzene rings is 1. The fourth-order valence-electron chi connectivity index (χ4n) is 1.42. The predicted molar refractivity (Wildman–Crippen MR) is 72.6 cm³/mol. The molecule has 1 aromatic carbocycles. The van der Waals surface area contributed by atoms with Gasteiger partial charge in [0.15, 0.2) is 0 Å². The number of urea groups is 1. The summed E-state index contributed by atoms with van der Waals surface area (Å²) in [6, 6.07) is 2.14. The number of ether oxygens (including phenoxy) is 1. The minimum absolute atomic E-state index is 0.113. The molecule has 1 atom stereocenters. The summed E-state index contributed by atoms with van der Waals surface area (Å²) in [5.74, 6) is -2.29. The highest BCUT2D eigenvalue weighted by Gasteiger charge is 2.14. The summed E-state index contributed by atoms with van der Waals surface area (Å²) in [5.41, 5.74) is 5.33. The number of carboxylic acid groups (broad SMARTS) is 2. The van der Waals surface area contributed by atoms with E-state index in [9.17, 15) is 14.4 Å². The molecule has 0 spiro atoms. The zero-order valence-electron chi connectivity index (χ0n) is 11.1. The highest BCUT2D eigenvalue weighted by Crippen LogP contribution is 2.22. The second-order valence-electron chi connectivity index (χ2n) is 4.00. The summed E-state index contributed by atoms with van der Waals surface area (Å²) in [6.45, 7) is -0.261. The first-order chi connectivity index (χ1) is 9.85. The minimum Gasteiger partial charge on any atom is -0.496 e. The van der Waals surface area contributed by atoms with Crippen LogP contribution in [-0.2, 0) is 4.79 Å². The van der Waals surface area contributed by atoms with Crippen LogP contribution in [0.3, 0.4) is 0 Å². The van der Waals surface area contributed by atoms with Gasteiger partial charge in [-0.25, -0.2) is 9.59 Å². The minimum atomic E-state index is -1.24. The third kappa shape index (κ3) is 4.66. The van der Waals surface area contributed by atoms with Crippen molar-refractivity contribution in [3.05, 3.63) is 23.8 Å². The van der Waals surface area contributed by atoms with E-state index in [1.165, 1.54) is 25.3 Å². The van der Waals surface area contributed by atoms with Crippen molar-refractivity contribution in [1.29, 1.82) is 0 Å². The molecule has 1 rings (SSSR count). The number of hydrogen-bond acceptors (Lipinski definition) is 5. The van der Waals surface area contributed by atoms with Crippen LogP contribution in [0.15, 0.2) is 18.2 Å². The van der Waals surface area contributed by atoms with E-state index < -0.39 is 24.0 Å². The lowest BCUT2D eigenvalue weighted by Crippen LogP contribution is -2.43. The van der Waals surface area contributed by atoms with Crippen LogP contribution >= 0.6 is 0 Å². The predicted octanol–water partition coefficient (Wildman–Crippen LogP) is -0.0732. The molecule has 1 aromatic rings. The van der Waals surface area contributed by atoms with Crippen molar-refractivity contribution in [2.45, 2.75) is 6.04 Å². The SMILES string of the molecule is COc1ccc(NC(=O)NC[C@H](N)C(=O)O)cc1C(=O)O. The van der Waals surface area contributed by atoms with Gasteiger partial charge in [-0.3, -0.25) is 4.79 Å². The molecule has 0 aliphatic heterocycles. The number of methoxy groups -OCH3 is 1. The highest BCUT2D eigenvalue weighted by molar-refractivity contribution is 5.95. The summed E-state index contributed by atoms with van der Waals surface area (Å²) >= 11 is 0.